The number of aromatic nitrogens is 3. The van der Waals surface area contributed by atoms with Crippen molar-refractivity contribution in [2.75, 3.05) is 20.7 Å². The van der Waals surface area contributed by atoms with Crippen LogP contribution in [-0.2, 0) is 13.1 Å². The van der Waals surface area contributed by atoms with Crippen molar-refractivity contribution >= 4 is 0 Å². The fourth-order valence-electron chi connectivity index (χ4n) is 0.870. The summed E-state index contributed by atoms with van der Waals surface area (Å²) in [7, 11) is 3.83. The Balaban J connectivity index is 2.39. The number of nitrogens with zero attached hydrogens (tertiary/aromatic N) is 4. The lowest BCUT2D eigenvalue weighted by atomic mass is 10.5. The number of nitrogens with one attached hydrogen (secondary N) is 1. The summed E-state index contributed by atoms with van der Waals surface area (Å²) in [5.41, 5.74) is 3.94. The molecule has 13 heavy (non-hydrogen) atoms. The Morgan fingerprint density at radius 3 is 3.00 bits per heavy atom. The van der Waals surface area contributed by atoms with Crippen molar-refractivity contribution in [3.05, 3.63) is 11.9 Å². The number of hydrogen-bond donors (Lipinski definition) is 2. The Morgan fingerprint density at radius 1 is 1.62 bits per heavy atom. The van der Waals surface area contributed by atoms with Crippen LogP contribution in [0.25, 0.3) is 0 Å². The third kappa shape index (κ3) is 3.49. The van der Waals surface area contributed by atoms with Crippen molar-refractivity contribution in [3.8, 4) is 0 Å². The molecule has 0 aromatic carbocycles. The summed E-state index contributed by atoms with van der Waals surface area (Å²) in [4.78, 5) is 0. The van der Waals surface area contributed by atoms with E-state index in [1.807, 2.05) is 25.3 Å². The molecule has 6 nitrogen and oxygen atoms in total. The van der Waals surface area contributed by atoms with Gasteiger partial charge in [-0.3, -0.25) is 5.01 Å². The lowest BCUT2D eigenvalue weighted by molar-refractivity contribution is 0.268. The Bertz CT molecular complexity index is 247. The van der Waals surface area contributed by atoms with Gasteiger partial charge in [-0.25, -0.2) is 10.1 Å². The van der Waals surface area contributed by atoms with Crippen LogP contribution in [0.3, 0.4) is 0 Å². The minimum absolute atomic E-state index is 0.0872. The Morgan fingerprint density at radius 2 is 2.38 bits per heavy atom. The van der Waals surface area contributed by atoms with Crippen molar-refractivity contribution in [1.82, 2.24) is 25.4 Å². The summed E-state index contributed by atoms with van der Waals surface area (Å²) in [6.45, 7) is 1.23. The van der Waals surface area contributed by atoms with Crippen molar-refractivity contribution in [2.45, 2.75) is 13.1 Å². The zero-order valence-electron chi connectivity index (χ0n) is 7.93. The molecule has 1 heterocycles. The predicted octanol–water partition coefficient (Wildman–Crippen LogP) is -1.16. The molecule has 0 amide bonds. The van der Waals surface area contributed by atoms with Crippen molar-refractivity contribution in [2.24, 2.45) is 0 Å². The van der Waals surface area contributed by atoms with Crippen LogP contribution in [0.1, 0.15) is 5.69 Å². The average Bonchev–Trinajstić information content (AvgIpc) is 2.50. The monoisotopic (exact) mass is 185 g/mol. The first-order chi connectivity index (χ1) is 6.22. The third-order valence-electron chi connectivity index (χ3n) is 1.49. The summed E-state index contributed by atoms with van der Waals surface area (Å²) < 4.78 is 1.62. The second-order valence-electron chi connectivity index (χ2n) is 2.93. The number of rotatable bonds is 5. The molecule has 0 fully saturated rings. The summed E-state index contributed by atoms with van der Waals surface area (Å²) in [6, 6.07) is 0. The highest BCUT2D eigenvalue weighted by Crippen LogP contribution is 1.91. The lowest BCUT2D eigenvalue weighted by Gasteiger charge is -2.08. The van der Waals surface area contributed by atoms with E-state index in [2.05, 4.69) is 15.7 Å². The molecule has 74 valence electrons. The fraction of sp³-hybridized carbons (Fsp3) is 0.714. The minimum atomic E-state index is 0.0872. The number of hydrogen-bond acceptors (Lipinski definition) is 5. The summed E-state index contributed by atoms with van der Waals surface area (Å²) in [5.74, 6) is 0. The molecule has 0 saturated heterocycles. The second kappa shape index (κ2) is 4.90. The van der Waals surface area contributed by atoms with Crippen molar-refractivity contribution < 1.29 is 5.11 Å². The molecule has 1 rings (SSSR count). The highest BCUT2D eigenvalue weighted by Gasteiger charge is 1.99. The van der Waals surface area contributed by atoms with Crippen LogP contribution in [0, 0.1) is 0 Å². The molecule has 0 aliphatic rings. The molecule has 0 spiro atoms. The molecule has 0 bridgehead atoms. The highest BCUT2D eigenvalue weighted by molar-refractivity contribution is 4.90. The maximum Gasteiger partial charge on any atom is 0.0979 e. The van der Waals surface area contributed by atoms with Crippen molar-refractivity contribution in [3.63, 3.8) is 0 Å². The quantitative estimate of drug-likeness (QED) is 0.566. The fourth-order valence-corrected chi connectivity index (χ4v) is 0.870. The molecule has 0 unspecified atom stereocenters. The van der Waals surface area contributed by atoms with Gasteiger partial charge in [-0.1, -0.05) is 5.21 Å². The van der Waals surface area contributed by atoms with Crippen molar-refractivity contribution in [1.29, 1.82) is 0 Å². The van der Waals surface area contributed by atoms with Gasteiger partial charge in [0.1, 0.15) is 0 Å². The van der Waals surface area contributed by atoms with Crippen LogP contribution >= 0.6 is 0 Å². The summed E-state index contributed by atoms with van der Waals surface area (Å²) in [6.07, 6.45) is 1.81. The first-order valence-corrected chi connectivity index (χ1v) is 4.13. The topological polar surface area (TPSA) is 66.2 Å². The zero-order valence-corrected chi connectivity index (χ0v) is 7.93. The van der Waals surface area contributed by atoms with Gasteiger partial charge in [-0.05, 0) is 0 Å². The average molecular weight is 185 g/mol. The van der Waals surface area contributed by atoms with Gasteiger partial charge in [-0.15, -0.1) is 5.10 Å². The van der Waals surface area contributed by atoms with Crippen LogP contribution in [0.2, 0.25) is 0 Å². The van der Waals surface area contributed by atoms with Crippen LogP contribution in [-0.4, -0.2) is 45.8 Å². The third-order valence-corrected chi connectivity index (χ3v) is 1.49. The largest absolute Gasteiger partial charge is 0.394 e. The molecule has 1 aromatic heterocycles. The summed E-state index contributed by atoms with van der Waals surface area (Å²) in [5, 5.41) is 18.2. The normalized spacial score (nSPS) is 11.1. The van der Waals surface area contributed by atoms with E-state index in [9.17, 15) is 0 Å². The molecule has 0 aliphatic heterocycles. The van der Waals surface area contributed by atoms with Gasteiger partial charge in [0.25, 0.3) is 0 Å². The van der Waals surface area contributed by atoms with Gasteiger partial charge >= 0.3 is 0 Å². The maximum absolute atomic E-state index is 8.63. The molecule has 0 atom stereocenters. The van der Waals surface area contributed by atoms with E-state index in [4.69, 9.17) is 5.11 Å². The highest BCUT2D eigenvalue weighted by atomic mass is 16.3. The lowest BCUT2D eigenvalue weighted by Crippen LogP contribution is -2.29. The number of aliphatic hydroxyl groups is 1. The number of hydrazine groups is 1. The maximum atomic E-state index is 8.63. The van der Waals surface area contributed by atoms with Crippen LogP contribution in [0.15, 0.2) is 6.20 Å². The minimum Gasteiger partial charge on any atom is -0.394 e. The summed E-state index contributed by atoms with van der Waals surface area (Å²) >= 11 is 0. The molecule has 2 N–H and O–H groups in total. The molecule has 0 radical (unpaired) electrons. The molecular weight excluding hydrogens is 170 g/mol. The standard InChI is InChI=1S/C7H15N5O/c1-11(2)8-5-7-6-12(3-4-13)10-9-7/h6,8,13H,3-5H2,1-2H3. The van der Waals surface area contributed by atoms with E-state index in [-0.39, 0.29) is 6.61 Å². The Kier molecular flexibility index (Phi) is 3.81. The SMILES string of the molecule is CN(C)NCc1cn(CCO)nn1. The molecular formula is C7H15N5O. The van der Waals surface area contributed by atoms with E-state index >= 15 is 0 Å². The Hall–Kier alpha value is -0.980. The second-order valence-corrected chi connectivity index (χ2v) is 2.93. The van der Waals surface area contributed by atoms with Crippen LogP contribution in [0.4, 0.5) is 0 Å². The molecule has 6 heteroatoms. The zero-order chi connectivity index (χ0) is 9.68. The van der Waals surface area contributed by atoms with Gasteiger partial charge < -0.3 is 5.11 Å². The molecule has 1 aromatic rings. The van der Waals surface area contributed by atoms with Gasteiger partial charge in [0.2, 0.25) is 0 Å². The Labute approximate surface area is 77.1 Å². The van der Waals surface area contributed by atoms with Crippen LogP contribution in [0.5, 0.6) is 0 Å². The smallest absolute Gasteiger partial charge is 0.0979 e. The van der Waals surface area contributed by atoms with E-state index < -0.39 is 0 Å². The predicted molar refractivity (Wildman–Crippen MR) is 47.6 cm³/mol. The van der Waals surface area contributed by atoms with Gasteiger partial charge in [0.15, 0.2) is 0 Å². The first-order valence-electron chi connectivity index (χ1n) is 4.13. The molecule has 0 saturated carbocycles. The van der Waals surface area contributed by atoms with E-state index in [1.54, 1.807) is 4.68 Å². The van der Waals surface area contributed by atoms with Gasteiger partial charge in [0, 0.05) is 20.3 Å². The van der Waals surface area contributed by atoms with E-state index in [0.29, 0.717) is 13.1 Å². The van der Waals surface area contributed by atoms with Crippen LogP contribution < -0.4 is 5.43 Å². The van der Waals surface area contributed by atoms with Gasteiger partial charge in [0.05, 0.1) is 25.4 Å². The first kappa shape index (κ1) is 10.1. The number of aliphatic hydroxyl groups excluding tert-OH is 1. The van der Waals surface area contributed by atoms with Gasteiger partial charge in [-0.2, -0.15) is 0 Å². The van der Waals surface area contributed by atoms with E-state index in [0.717, 1.165) is 5.69 Å². The molecule has 0 aliphatic carbocycles. The van der Waals surface area contributed by atoms with E-state index in [1.165, 1.54) is 0 Å².